The van der Waals surface area contributed by atoms with E-state index < -0.39 is 17.9 Å². The van der Waals surface area contributed by atoms with Crippen molar-refractivity contribution in [1.82, 2.24) is 5.32 Å². The number of aliphatic carboxylic acids is 1. The van der Waals surface area contributed by atoms with E-state index in [-0.39, 0.29) is 12.0 Å². The summed E-state index contributed by atoms with van der Waals surface area (Å²) in [4.78, 5) is 23.3. The van der Waals surface area contributed by atoms with Crippen LogP contribution < -0.4 is 5.32 Å². The zero-order valence-corrected chi connectivity index (χ0v) is 12.7. The van der Waals surface area contributed by atoms with E-state index in [4.69, 9.17) is 4.74 Å². The molecule has 0 saturated heterocycles. The van der Waals surface area contributed by atoms with Crippen molar-refractivity contribution in [3.05, 3.63) is 35.9 Å². The molecule has 0 aromatic heterocycles. The van der Waals surface area contributed by atoms with Crippen molar-refractivity contribution in [1.29, 1.82) is 0 Å². The minimum atomic E-state index is -0.936. The van der Waals surface area contributed by atoms with Crippen molar-refractivity contribution in [3.63, 3.8) is 0 Å². The van der Waals surface area contributed by atoms with Gasteiger partial charge in [0, 0.05) is 13.5 Å². The van der Waals surface area contributed by atoms with Crippen LogP contribution in [0.4, 0.5) is 0 Å². The van der Waals surface area contributed by atoms with Crippen LogP contribution in [0.1, 0.15) is 38.3 Å². The minimum absolute atomic E-state index is 0.00261. The third-order valence-corrected chi connectivity index (χ3v) is 3.55. The van der Waals surface area contributed by atoms with Crippen molar-refractivity contribution in [3.8, 4) is 0 Å². The van der Waals surface area contributed by atoms with Crippen molar-refractivity contribution in [2.45, 2.75) is 38.8 Å². The lowest BCUT2D eigenvalue weighted by Gasteiger charge is -2.23. The Bertz CT molecular complexity index is 461. The highest BCUT2D eigenvalue weighted by molar-refractivity contribution is 5.78. The SMILES string of the molecule is COC(C)CCC(=O)NC(c1ccccc1)C(C)C(=O)O. The van der Waals surface area contributed by atoms with Crippen molar-refractivity contribution in [2.24, 2.45) is 5.92 Å². The molecule has 0 aliphatic heterocycles. The maximum atomic E-state index is 12.0. The Kier molecular flexibility index (Phi) is 6.88. The van der Waals surface area contributed by atoms with Gasteiger partial charge in [0.05, 0.1) is 18.1 Å². The Morgan fingerprint density at radius 3 is 2.38 bits per heavy atom. The summed E-state index contributed by atoms with van der Waals surface area (Å²) in [5, 5.41) is 12.0. The fourth-order valence-electron chi connectivity index (χ4n) is 2.00. The molecule has 0 bridgehead atoms. The average molecular weight is 293 g/mol. The Labute approximate surface area is 125 Å². The van der Waals surface area contributed by atoms with E-state index in [0.29, 0.717) is 12.8 Å². The molecule has 3 unspecified atom stereocenters. The predicted molar refractivity (Wildman–Crippen MR) is 79.8 cm³/mol. The van der Waals surface area contributed by atoms with Crippen LogP contribution in [0.15, 0.2) is 30.3 Å². The van der Waals surface area contributed by atoms with Crippen molar-refractivity contribution in [2.75, 3.05) is 7.11 Å². The largest absolute Gasteiger partial charge is 0.481 e. The molecule has 2 N–H and O–H groups in total. The molecule has 5 heteroatoms. The summed E-state index contributed by atoms with van der Waals surface area (Å²) in [5.74, 6) is -1.80. The zero-order valence-electron chi connectivity index (χ0n) is 12.7. The van der Waals surface area contributed by atoms with Crippen LogP contribution in [0.5, 0.6) is 0 Å². The van der Waals surface area contributed by atoms with Gasteiger partial charge in [0.2, 0.25) is 5.91 Å². The van der Waals surface area contributed by atoms with Gasteiger partial charge in [-0.3, -0.25) is 9.59 Å². The van der Waals surface area contributed by atoms with E-state index in [1.54, 1.807) is 14.0 Å². The normalized spacial score (nSPS) is 15.0. The van der Waals surface area contributed by atoms with Gasteiger partial charge in [-0.1, -0.05) is 30.3 Å². The van der Waals surface area contributed by atoms with Gasteiger partial charge in [0.1, 0.15) is 0 Å². The third-order valence-electron chi connectivity index (χ3n) is 3.55. The smallest absolute Gasteiger partial charge is 0.308 e. The first-order valence-electron chi connectivity index (χ1n) is 7.05. The summed E-state index contributed by atoms with van der Waals surface area (Å²) in [7, 11) is 1.60. The minimum Gasteiger partial charge on any atom is -0.481 e. The number of hydrogen-bond donors (Lipinski definition) is 2. The number of benzene rings is 1. The van der Waals surface area contributed by atoms with Crippen LogP contribution >= 0.6 is 0 Å². The second kappa shape index (κ2) is 8.42. The lowest BCUT2D eigenvalue weighted by Crippen LogP contribution is -2.35. The van der Waals surface area contributed by atoms with Gasteiger partial charge in [-0.05, 0) is 25.8 Å². The van der Waals surface area contributed by atoms with E-state index in [0.717, 1.165) is 5.56 Å². The molecular formula is C16H23NO4. The molecule has 0 aliphatic rings. The maximum absolute atomic E-state index is 12.0. The monoisotopic (exact) mass is 293 g/mol. The van der Waals surface area contributed by atoms with E-state index in [1.165, 1.54) is 0 Å². The molecule has 21 heavy (non-hydrogen) atoms. The molecule has 5 nitrogen and oxygen atoms in total. The fourth-order valence-corrected chi connectivity index (χ4v) is 2.00. The van der Waals surface area contributed by atoms with Gasteiger partial charge in [0.15, 0.2) is 0 Å². The Balaban J connectivity index is 2.74. The number of rotatable bonds is 8. The molecule has 0 spiro atoms. The average Bonchev–Trinajstić information content (AvgIpc) is 2.50. The second-order valence-corrected chi connectivity index (χ2v) is 5.17. The highest BCUT2D eigenvalue weighted by Gasteiger charge is 2.26. The highest BCUT2D eigenvalue weighted by atomic mass is 16.5. The second-order valence-electron chi connectivity index (χ2n) is 5.17. The van der Waals surface area contributed by atoms with Crippen LogP contribution in [0, 0.1) is 5.92 Å². The molecule has 0 heterocycles. The van der Waals surface area contributed by atoms with E-state index in [9.17, 15) is 14.7 Å². The number of amides is 1. The number of methoxy groups -OCH3 is 1. The number of nitrogens with one attached hydrogen (secondary N) is 1. The molecule has 0 radical (unpaired) electrons. The number of carbonyl (C=O) groups is 2. The van der Waals surface area contributed by atoms with E-state index in [1.807, 2.05) is 37.3 Å². The first kappa shape index (κ1) is 17.2. The van der Waals surface area contributed by atoms with E-state index in [2.05, 4.69) is 5.32 Å². The number of carbonyl (C=O) groups excluding carboxylic acids is 1. The first-order valence-corrected chi connectivity index (χ1v) is 7.05. The van der Waals surface area contributed by atoms with Gasteiger partial charge < -0.3 is 15.2 Å². The maximum Gasteiger partial charge on any atom is 0.308 e. The summed E-state index contributed by atoms with van der Waals surface area (Å²) in [5.41, 5.74) is 0.792. The highest BCUT2D eigenvalue weighted by Crippen LogP contribution is 2.22. The van der Waals surface area contributed by atoms with Gasteiger partial charge in [0.25, 0.3) is 0 Å². The lowest BCUT2D eigenvalue weighted by molar-refractivity contribution is -0.142. The molecule has 3 atom stereocenters. The quantitative estimate of drug-likeness (QED) is 0.771. The molecule has 1 rings (SSSR count). The lowest BCUT2D eigenvalue weighted by atomic mass is 9.94. The fraction of sp³-hybridized carbons (Fsp3) is 0.500. The van der Waals surface area contributed by atoms with Gasteiger partial charge in [-0.25, -0.2) is 0 Å². The van der Waals surface area contributed by atoms with Crippen LogP contribution in [-0.2, 0) is 14.3 Å². The topological polar surface area (TPSA) is 75.6 Å². The number of carboxylic acids is 1. The van der Waals surface area contributed by atoms with Gasteiger partial charge in [-0.15, -0.1) is 0 Å². The molecule has 116 valence electrons. The van der Waals surface area contributed by atoms with Crippen molar-refractivity contribution >= 4 is 11.9 Å². The van der Waals surface area contributed by atoms with Gasteiger partial charge in [-0.2, -0.15) is 0 Å². The molecular weight excluding hydrogens is 270 g/mol. The summed E-state index contributed by atoms with van der Waals surface area (Å²) in [6.07, 6.45) is 0.915. The Morgan fingerprint density at radius 2 is 1.86 bits per heavy atom. The summed E-state index contributed by atoms with van der Waals surface area (Å²) in [6, 6.07) is 8.62. The van der Waals surface area contributed by atoms with Crippen LogP contribution in [-0.4, -0.2) is 30.2 Å². The third kappa shape index (κ3) is 5.55. The van der Waals surface area contributed by atoms with Gasteiger partial charge >= 0.3 is 5.97 Å². The standard InChI is InChI=1S/C16H23NO4/c1-11(21-3)9-10-14(18)17-15(12(2)16(19)20)13-7-5-4-6-8-13/h4-8,11-12,15H,9-10H2,1-3H3,(H,17,18)(H,19,20). The van der Waals surface area contributed by atoms with Crippen LogP contribution in [0.3, 0.4) is 0 Å². The molecule has 1 aromatic rings. The van der Waals surface area contributed by atoms with Crippen molar-refractivity contribution < 1.29 is 19.4 Å². The summed E-state index contributed by atoms with van der Waals surface area (Å²) in [6.45, 7) is 3.49. The number of hydrogen-bond acceptors (Lipinski definition) is 3. The molecule has 0 aliphatic carbocycles. The summed E-state index contributed by atoms with van der Waals surface area (Å²) >= 11 is 0. The van der Waals surface area contributed by atoms with Crippen LogP contribution in [0.25, 0.3) is 0 Å². The molecule has 1 aromatic carbocycles. The Morgan fingerprint density at radius 1 is 1.24 bits per heavy atom. The molecule has 0 saturated carbocycles. The number of carboxylic acid groups (broad SMARTS) is 1. The molecule has 0 fully saturated rings. The number of ether oxygens (including phenoxy) is 1. The predicted octanol–water partition coefficient (Wildman–Crippen LogP) is 2.38. The zero-order chi connectivity index (χ0) is 15.8. The summed E-state index contributed by atoms with van der Waals surface area (Å²) < 4.78 is 5.10. The Hall–Kier alpha value is -1.88. The van der Waals surface area contributed by atoms with Crippen LogP contribution in [0.2, 0.25) is 0 Å². The molecule has 1 amide bonds. The first-order chi connectivity index (χ1) is 9.95. The van der Waals surface area contributed by atoms with E-state index >= 15 is 0 Å².